The van der Waals surface area contributed by atoms with E-state index in [9.17, 15) is 18.8 Å². The molecule has 150 valence electrons. The highest BCUT2D eigenvalue weighted by Crippen LogP contribution is 2.34. The van der Waals surface area contributed by atoms with Gasteiger partial charge in [-0.3, -0.25) is 14.4 Å². The number of anilines is 3. The van der Waals surface area contributed by atoms with Gasteiger partial charge in [-0.25, -0.2) is 4.39 Å². The van der Waals surface area contributed by atoms with Gasteiger partial charge in [-0.2, -0.15) is 0 Å². The standard InChI is InChI=1S/C21H19ClFN3O3/c1-12(27)25-7-6-13-8-16(3-5-19(13)25)26-11-14(9-20(26)28)21(29)24-18-4-2-15(22)10-17(18)23/h2-5,8,10,14H,6-7,9,11H2,1H3,(H,24,29)/t14-/m1/s1. The fraction of sp³-hybridized carbons (Fsp3) is 0.286. The van der Waals surface area contributed by atoms with Crippen LogP contribution >= 0.6 is 11.6 Å². The molecule has 0 aliphatic carbocycles. The SMILES string of the molecule is CC(=O)N1CCc2cc(N3C[C@H](C(=O)Nc4ccc(Cl)cc4F)CC3=O)ccc21. The number of halogens is 2. The molecule has 2 aromatic rings. The van der Waals surface area contributed by atoms with Crippen LogP contribution in [-0.2, 0) is 20.8 Å². The molecule has 3 amide bonds. The first-order valence-corrected chi connectivity index (χ1v) is 9.68. The summed E-state index contributed by atoms with van der Waals surface area (Å²) in [6, 6.07) is 9.53. The van der Waals surface area contributed by atoms with Crippen molar-refractivity contribution in [2.45, 2.75) is 19.8 Å². The third kappa shape index (κ3) is 3.70. The number of benzene rings is 2. The summed E-state index contributed by atoms with van der Waals surface area (Å²) < 4.78 is 13.9. The lowest BCUT2D eigenvalue weighted by Crippen LogP contribution is -2.28. The third-order valence-electron chi connectivity index (χ3n) is 5.34. The van der Waals surface area contributed by atoms with Crippen molar-refractivity contribution in [1.29, 1.82) is 0 Å². The zero-order valence-electron chi connectivity index (χ0n) is 15.7. The van der Waals surface area contributed by atoms with E-state index in [0.717, 1.165) is 23.7 Å². The summed E-state index contributed by atoms with van der Waals surface area (Å²) in [6.45, 7) is 2.37. The van der Waals surface area contributed by atoms with Gasteiger partial charge in [0.2, 0.25) is 17.7 Å². The largest absolute Gasteiger partial charge is 0.323 e. The van der Waals surface area contributed by atoms with Crippen molar-refractivity contribution in [2.24, 2.45) is 5.92 Å². The van der Waals surface area contributed by atoms with E-state index in [0.29, 0.717) is 12.2 Å². The average molecular weight is 416 g/mol. The molecule has 2 aliphatic heterocycles. The summed E-state index contributed by atoms with van der Waals surface area (Å²) in [6.07, 6.45) is 0.780. The molecule has 8 heteroatoms. The summed E-state index contributed by atoms with van der Waals surface area (Å²) in [5.41, 5.74) is 2.60. The average Bonchev–Trinajstić information content (AvgIpc) is 3.27. The predicted molar refractivity (Wildman–Crippen MR) is 109 cm³/mol. The van der Waals surface area contributed by atoms with Gasteiger partial charge in [0, 0.05) is 42.8 Å². The molecule has 0 saturated carbocycles. The molecule has 0 spiro atoms. The summed E-state index contributed by atoms with van der Waals surface area (Å²) in [4.78, 5) is 40.0. The van der Waals surface area contributed by atoms with E-state index in [1.54, 1.807) is 15.9 Å². The molecule has 0 radical (unpaired) electrons. The number of hydrogen-bond acceptors (Lipinski definition) is 3. The second-order valence-corrected chi connectivity index (χ2v) is 7.69. The third-order valence-corrected chi connectivity index (χ3v) is 5.57. The van der Waals surface area contributed by atoms with E-state index >= 15 is 0 Å². The highest BCUT2D eigenvalue weighted by atomic mass is 35.5. The number of nitrogens with zero attached hydrogens (tertiary/aromatic N) is 2. The Labute approximate surface area is 172 Å². The quantitative estimate of drug-likeness (QED) is 0.835. The monoisotopic (exact) mass is 415 g/mol. The van der Waals surface area contributed by atoms with E-state index in [4.69, 9.17) is 11.6 Å². The van der Waals surface area contributed by atoms with E-state index in [1.807, 2.05) is 12.1 Å². The van der Waals surface area contributed by atoms with Gasteiger partial charge in [-0.1, -0.05) is 11.6 Å². The Morgan fingerprint density at radius 2 is 2.00 bits per heavy atom. The smallest absolute Gasteiger partial charge is 0.229 e. The first-order valence-electron chi connectivity index (χ1n) is 9.31. The molecule has 4 rings (SSSR count). The maximum absolute atomic E-state index is 13.9. The number of fused-ring (bicyclic) bond motifs is 1. The fourth-order valence-corrected chi connectivity index (χ4v) is 4.00. The van der Waals surface area contributed by atoms with Gasteiger partial charge in [0.15, 0.2) is 0 Å². The molecule has 2 aromatic carbocycles. The van der Waals surface area contributed by atoms with Crippen molar-refractivity contribution >= 4 is 46.4 Å². The van der Waals surface area contributed by atoms with Crippen molar-refractivity contribution in [3.8, 4) is 0 Å². The topological polar surface area (TPSA) is 69.7 Å². The minimum Gasteiger partial charge on any atom is -0.323 e. The van der Waals surface area contributed by atoms with Gasteiger partial charge in [-0.05, 0) is 48.4 Å². The van der Waals surface area contributed by atoms with Gasteiger partial charge in [0.1, 0.15) is 5.82 Å². The molecular weight excluding hydrogens is 397 g/mol. The number of carbonyl (C=O) groups is 3. The minimum absolute atomic E-state index is 0.0140. The van der Waals surface area contributed by atoms with Crippen LogP contribution in [0, 0.1) is 11.7 Å². The number of amides is 3. The first kappa shape index (κ1) is 19.4. The lowest BCUT2D eigenvalue weighted by Gasteiger charge is -2.19. The summed E-state index contributed by atoms with van der Waals surface area (Å²) >= 11 is 5.73. The molecule has 1 N–H and O–H groups in total. The zero-order chi connectivity index (χ0) is 20.7. The normalized spacial score (nSPS) is 18.2. The Morgan fingerprint density at radius 3 is 2.72 bits per heavy atom. The second-order valence-electron chi connectivity index (χ2n) is 7.25. The van der Waals surface area contributed by atoms with Gasteiger partial charge in [0.05, 0.1) is 11.6 Å². The highest BCUT2D eigenvalue weighted by molar-refractivity contribution is 6.30. The molecule has 0 aromatic heterocycles. The molecular formula is C21H19ClFN3O3. The molecule has 29 heavy (non-hydrogen) atoms. The van der Waals surface area contributed by atoms with Gasteiger partial charge < -0.3 is 15.1 Å². The number of carbonyl (C=O) groups excluding carboxylic acids is 3. The molecule has 6 nitrogen and oxygen atoms in total. The van der Waals surface area contributed by atoms with Crippen LogP contribution < -0.4 is 15.1 Å². The van der Waals surface area contributed by atoms with Gasteiger partial charge in [0.25, 0.3) is 0 Å². The number of nitrogens with one attached hydrogen (secondary N) is 1. The van der Waals surface area contributed by atoms with Crippen LogP contribution in [0.2, 0.25) is 5.02 Å². The summed E-state index contributed by atoms with van der Waals surface area (Å²) in [5, 5.41) is 2.77. The second kappa shape index (κ2) is 7.48. The Bertz CT molecular complexity index is 1030. The van der Waals surface area contributed by atoms with Crippen molar-refractivity contribution in [3.63, 3.8) is 0 Å². The van der Waals surface area contributed by atoms with Crippen LogP contribution in [0.5, 0.6) is 0 Å². The van der Waals surface area contributed by atoms with Crippen LogP contribution in [-0.4, -0.2) is 30.8 Å². The van der Waals surface area contributed by atoms with Gasteiger partial charge >= 0.3 is 0 Å². The van der Waals surface area contributed by atoms with Crippen molar-refractivity contribution in [2.75, 3.05) is 28.2 Å². The molecule has 1 fully saturated rings. The molecule has 0 unspecified atom stereocenters. The van der Waals surface area contributed by atoms with E-state index in [1.165, 1.54) is 19.1 Å². The predicted octanol–water partition coefficient (Wildman–Crippen LogP) is 3.38. The van der Waals surface area contributed by atoms with Crippen LogP contribution in [0.1, 0.15) is 18.9 Å². The lowest BCUT2D eigenvalue weighted by molar-refractivity contribution is -0.122. The van der Waals surface area contributed by atoms with Gasteiger partial charge in [-0.15, -0.1) is 0 Å². The van der Waals surface area contributed by atoms with Crippen molar-refractivity contribution in [3.05, 3.63) is 52.8 Å². The van der Waals surface area contributed by atoms with Crippen LogP contribution in [0.25, 0.3) is 0 Å². The summed E-state index contributed by atoms with van der Waals surface area (Å²) in [7, 11) is 0. The number of rotatable bonds is 3. The molecule has 1 saturated heterocycles. The van der Waals surface area contributed by atoms with Crippen LogP contribution in [0.3, 0.4) is 0 Å². The first-order chi connectivity index (χ1) is 13.8. The van der Waals surface area contributed by atoms with E-state index < -0.39 is 17.6 Å². The zero-order valence-corrected chi connectivity index (χ0v) is 16.5. The van der Waals surface area contributed by atoms with Crippen LogP contribution in [0.15, 0.2) is 36.4 Å². The maximum atomic E-state index is 13.9. The Kier molecular flexibility index (Phi) is 5.00. The summed E-state index contributed by atoms with van der Waals surface area (Å²) in [5.74, 6) is -1.80. The van der Waals surface area contributed by atoms with E-state index in [2.05, 4.69) is 5.32 Å². The molecule has 0 bridgehead atoms. The lowest BCUT2D eigenvalue weighted by atomic mass is 10.1. The minimum atomic E-state index is -0.624. The van der Waals surface area contributed by atoms with E-state index in [-0.39, 0.29) is 35.5 Å². The Hall–Kier alpha value is -2.93. The van der Waals surface area contributed by atoms with Crippen LogP contribution in [0.4, 0.5) is 21.5 Å². The molecule has 2 heterocycles. The Balaban J connectivity index is 1.48. The highest BCUT2D eigenvalue weighted by Gasteiger charge is 2.36. The van der Waals surface area contributed by atoms with Crippen molar-refractivity contribution < 1.29 is 18.8 Å². The maximum Gasteiger partial charge on any atom is 0.229 e. The molecule has 1 atom stereocenters. The Morgan fingerprint density at radius 1 is 1.21 bits per heavy atom. The molecule has 2 aliphatic rings. The van der Waals surface area contributed by atoms with Crippen molar-refractivity contribution in [1.82, 2.24) is 0 Å². The number of hydrogen-bond donors (Lipinski definition) is 1. The fourth-order valence-electron chi connectivity index (χ4n) is 3.84.